The van der Waals surface area contributed by atoms with Crippen molar-refractivity contribution in [1.29, 1.82) is 0 Å². The van der Waals surface area contributed by atoms with Gasteiger partial charge in [0.1, 0.15) is 12.6 Å². The minimum atomic E-state index is -0.745. The molecule has 2 aromatic rings. The second-order valence-corrected chi connectivity index (χ2v) is 8.70. The summed E-state index contributed by atoms with van der Waals surface area (Å²) in [7, 11) is 0. The van der Waals surface area contributed by atoms with Gasteiger partial charge in [0.05, 0.1) is 0 Å². The number of urea groups is 1. The zero-order chi connectivity index (χ0) is 22.1. The topological polar surface area (TPSA) is 69.7 Å². The fourth-order valence-electron chi connectivity index (χ4n) is 4.45. The van der Waals surface area contributed by atoms with Crippen LogP contribution in [0, 0.1) is 19.8 Å². The van der Waals surface area contributed by atoms with Crippen LogP contribution < -0.4 is 5.32 Å². The monoisotopic (exact) mass is 419 g/mol. The molecule has 2 fully saturated rings. The molecule has 0 spiro atoms. The van der Waals surface area contributed by atoms with Crippen LogP contribution in [0.4, 0.5) is 4.79 Å². The summed E-state index contributed by atoms with van der Waals surface area (Å²) in [6, 6.07) is 14.4. The molecule has 4 rings (SSSR count). The fourth-order valence-corrected chi connectivity index (χ4v) is 4.45. The molecule has 1 unspecified atom stereocenters. The molecule has 6 heteroatoms. The highest BCUT2D eigenvalue weighted by molar-refractivity contribution is 6.07. The minimum Gasteiger partial charge on any atom is -0.334 e. The molecule has 1 aliphatic heterocycles. The molecule has 1 N–H and O–H groups in total. The Balaban J connectivity index is 1.53. The largest absolute Gasteiger partial charge is 0.334 e. The quantitative estimate of drug-likeness (QED) is 0.696. The Morgan fingerprint density at radius 3 is 2.32 bits per heavy atom. The number of imide groups is 1. The van der Waals surface area contributed by atoms with E-state index in [1.54, 1.807) is 0 Å². The summed E-state index contributed by atoms with van der Waals surface area (Å²) in [5.74, 6) is -0.0819. The molecule has 1 aliphatic carbocycles. The average molecular weight is 420 g/mol. The number of rotatable bonds is 7. The second-order valence-electron chi connectivity index (χ2n) is 8.70. The molecule has 2 aromatic carbocycles. The lowest BCUT2D eigenvalue weighted by Crippen LogP contribution is -2.46. The predicted molar refractivity (Wildman–Crippen MR) is 118 cm³/mol. The average Bonchev–Trinajstić information content (AvgIpc) is 3.56. The zero-order valence-electron chi connectivity index (χ0n) is 18.3. The van der Waals surface area contributed by atoms with Gasteiger partial charge in [-0.3, -0.25) is 14.5 Å². The molecule has 2 atom stereocenters. The van der Waals surface area contributed by atoms with Crippen LogP contribution in [0.25, 0.3) is 0 Å². The van der Waals surface area contributed by atoms with E-state index in [-0.39, 0.29) is 24.4 Å². The third kappa shape index (κ3) is 4.33. The maximum atomic E-state index is 13.3. The van der Waals surface area contributed by atoms with E-state index >= 15 is 0 Å². The van der Waals surface area contributed by atoms with E-state index in [1.165, 1.54) is 0 Å². The van der Waals surface area contributed by atoms with Crippen LogP contribution in [0.15, 0.2) is 48.5 Å². The van der Waals surface area contributed by atoms with Crippen LogP contribution in [-0.4, -0.2) is 40.2 Å². The molecule has 0 bridgehead atoms. The van der Waals surface area contributed by atoms with Crippen molar-refractivity contribution < 1.29 is 14.4 Å². The van der Waals surface area contributed by atoms with Gasteiger partial charge in [-0.05, 0) is 61.8 Å². The molecule has 1 saturated heterocycles. The van der Waals surface area contributed by atoms with Gasteiger partial charge in [0.2, 0.25) is 5.91 Å². The number of hydrogen-bond acceptors (Lipinski definition) is 3. The van der Waals surface area contributed by atoms with Crippen molar-refractivity contribution in [3.8, 4) is 0 Å². The van der Waals surface area contributed by atoms with Gasteiger partial charge in [0.25, 0.3) is 5.91 Å². The van der Waals surface area contributed by atoms with E-state index in [4.69, 9.17) is 0 Å². The highest BCUT2D eigenvalue weighted by Crippen LogP contribution is 2.36. The van der Waals surface area contributed by atoms with Gasteiger partial charge in [-0.15, -0.1) is 0 Å². The zero-order valence-corrected chi connectivity index (χ0v) is 18.3. The molecule has 2 aliphatic rings. The highest BCUT2D eigenvalue weighted by Gasteiger charge is 2.42. The van der Waals surface area contributed by atoms with Gasteiger partial charge in [-0.25, -0.2) is 4.79 Å². The maximum absolute atomic E-state index is 13.3. The molecule has 31 heavy (non-hydrogen) atoms. The summed E-state index contributed by atoms with van der Waals surface area (Å²) in [4.78, 5) is 42.0. The Labute approximate surface area is 183 Å². The third-order valence-electron chi connectivity index (χ3n) is 6.46. The number of amides is 4. The van der Waals surface area contributed by atoms with Crippen molar-refractivity contribution in [1.82, 2.24) is 15.1 Å². The van der Waals surface area contributed by atoms with Gasteiger partial charge in [-0.1, -0.05) is 48.5 Å². The van der Waals surface area contributed by atoms with Crippen LogP contribution in [0.2, 0.25) is 0 Å². The van der Waals surface area contributed by atoms with E-state index in [0.29, 0.717) is 12.5 Å². The molecule has 1 saturated carbocycles. The summed E-state index contributed by atoms with van der Waals surface area (Å²) >= 11 is 0. The van der Waals surface area contributed by atoms with E-state index < -0.39 is 12.1 Å². The third-order valence-corrected chi connectivity index (χ3v) is 6.46. The summed E-state index contributed by atoms with van der Waals surface area (Å²) in [5, 5.41) is 2.78. The van der Waals surface area contributed by atoms with Gasteiger partial charge in [0, 0.05) is 12.6 Å². The Kier molecular flexibility index (Phi) is 5.81. The summed E-state index contributed by atoms with van der Waals surface area (Å²) in [5.41, 5.74) is 3.73. The van der Waals surface area contributed by atoms with Crippen molar-refractivity contribution in [2.45, 2.75) is 52.2 Å². The molecule has 0 radical (unpaired) electrons. The van der Waals surface area contributed by atoms with Crippen molar-refractivity contribution in [2.24, 2.45) is 5.92 Å². The first-order valence-electron chi connectivity index (χ1n) is 10.9. The maximum Gasteiger partial charge on any atom is 0.325 e. The number of carbonyl (C=O) groups is 3. The lowest BCUT2D eigenvalue weighted by Gasteiger charge is -2.31. The Morgan fingerprint density at radius 1 is 1.06 bits per heavy atom. The Morgan fingerprint density at radius 2 is 1.71 bits per heavy atom. The van der Waals surface area contributed by atoms with Crippen LogP contribution in [0.5, 0.6) is 0 Å². The van der Waals surface area contributed by atoms with Crippen LogP contribution in [0.3, 0.4) is 0 Å². The number of aryl methyl sites for hydroxylation is 2. The first-order chi connectivity index (χ1) is 14.9. The number of nitrogens with zero attached hydrogens (tertiary/aromatic N) is 2. The summed E-state index contributed by atoms with van der Waals surface area (Å²) in [6.07, 6.45) is 2.22. The second kappa shape index (κ2) is 8.53. The van der Waals surface area contributed by atoms with E-state index in [2.05, 4.69) is 12.2 Å². The van der Waals surface area contributed by atoms with E-state index in [1.807, 2.05) is 67.3 Å². The molecule has 1 heterocycles. The first kappa shape index (κ1) is 21.1. The van der Waals surface area contributed by atoms with Crippen molar-refractivity contribution >= 4 is 17.8 Å². The molecule has 162 valence electrons. The van der Waals surface area contributed by atoms with Crippen molar-refractivity contribution in [3.63, 3.8) is 0 Å². The predicted octanol–water partition coefficient (Wildman–Crippen LogP) is 3.72. The van der Waals surface area contributed by atoms with Gasteiger partial charge in [-0.2, -0.15) is 0 Å². The Bertz CT molecular complexity index is 980. The SMILES string of the molecule is Cc1cccc(C)c1C1NC(=O)N(CC(=O)N(Cc2ccccc2)[C@@H](C)C2CC2)C1=O. The molecule has 4 amide bonds. The molecule has 6 nitrogen and oxygen atoms in total. The Hall–Kier alpha value is -3.15. The summed E-state index contributed by atoms with van der Waals surface area (Å²) < 4.78 is 0. The lowest BCUT2D eigenvalue weighted by atomic mass is 9.96. The van der Waals surface area contributed by atoms with E-state index in [9.17, 15) is 14.4 Å². The summed E-state index contributed by atoms with van der Waals surface area (Å²) in [6.45, 7) is 6.14. The van der Waals surface area contributed by atoms with E-state index in [0.717, 1.165) is 40.0 Å². The van der Waals surface area contributed by atoms with Crippen molar-refractivity contribution in [3.05, 3.63) is 70.8 Å². The van der Waals surface area contributed by atoms with Gasteiger partial charge >= 0.3 is 6.03 Å². The normalized spacial score (nSPS) is 19.3. The number of carbonyl (C=O) groups excluding carboxylic acids is 3. The lowest BCUT2D eigenvalue weighted by molar-refractivity contribution is -0.139. The van der Waals surface area contributed by atoms with Gasteiger partial charge < -0.3 is 10.2 Å². The number of benzene rings is 2. The standard InChI is InChI=1S/C25H29N3O3/c1-16-8-7-9-17(2)22(16)23-24(30)28(25(31)26-23)15-21(29)27(18(3)20-12-13-20)14-19-10-5-4-6-11-19/h4-11,18,20,23H,12-15H2,1-3H3,(H,26,31)/t18-,23?/m0/s1. The molecule has 0 aromatic heterocycles. The molecular formula is C25H29N3O3. The van der Waals surface area contributed by atoms with Crippen LogP contribution >= 0.6 is 0 Å². The highest BCUT2D eigenvalue weighted by atomic mass is 16.2. The van der Waals surface area contributed by atoms with Crippen LogP contribution in [-0.2, 0) is 16.1 Å². The fraction of sp³-hybridized carbons (Fsp3) is 0.400. The smallest absolute Gasteiger partial charge is 0.325 e. The van der Waals surface area contributed by atoms with Crippen molar-refractivity contribution in [2.75, 3.05) is 6.54 Å². The minimum absolute atomic E-state index is 0.0721. The molecular weight excluding hydrogens is 390 g/mol. The van der Waals surface area contributed by atoms with Gasteiger partial charge in [0.15, 0.2) is 0 Å². The van der Waals surface area contributed by atoms with Crippen LogP contribution in [0.1, 0.15) is 48.1 Å². The number of nitrogens with one attached hydrogen (secondary N) is 1. The first-order valence-corrected chi connectivity index (χ1v) is 10.9. The number of hydrogen-bond donors (Lipinski definition) is 1.